The molecule has 3 heteroatoms. The number of nitrogens with zero attached hydrogens (tertiary/aromatic N) is 2. The minimum absolute atomic E-state index is 1.12. The van der Waals surface area contributed by atoms with Crippen LogP contribution in [0.1, 0.15) is 16.7 Å². The van der Waals surface area contributed by atoms with Gasteiger partial charge < -0.3 is 9.13 Å². The Balaban J connectivity index is 1.14. The zero-order valence-electron chi connectivity index (χ0n) is 33.6. The van der Waals surface area contributed by atoms with Crippen LogP contribution < -0.4 is 0 Å². The van der Waals surface area contributed by atoms with E-state index in [1.54, 1.807) is 0 Å². The maximum atomic E-state index is 4.24. The number of para-hydroxylation sites is 3. The van der Waals surface area contributed by atoms with Crippen LogP contribution in [-0.2, 0) is 0 Å². The second-order valence-electron chi connectivity index (χ2n) is 16.2. The minimum Gasteiger partial charge on any atom is -0.309 e. The van der Waals surface area contributed by atoms with Gasteiger partial charge in [-0.2, -0.15) is 0 Å². The fourth-order valence-corrected chi connectivity index (χ4v) is 10.9. The van der Waals surface area contributed by atoms with Gasteiger partial charge in [0.1, 0.15) is 0 Å². The molecule has 11 aromatic rings. The molecule has 0 saturated carbocycles. The Kier molecular flexibility index (Phi) is 7.76. The number of fused-ring (bicyclic) bond motifs is 14. The van der Waals surface area contributed by atoms with Crippen LogP contribution in [-0.4, -0.2) is 9.13 Å². The lowest BCUT2D eigenvalue weighted by atomic mass is 9.80. The molecule has 0 spiro atoms. The quantitative estimate of drug-likeness (QED) is 0.168. The first-order valence-electron chi connectivity index (χ1n) is 20.7. The zero-order chi connectivity index (χ0) is 40.2. The standard InChI is InChI=1S/C57H39BrN2/c1-34-35(2)56(58)55(37-28-30-45-43-20-7-6-18-41(43)39-16-4-5-17-40(39)42-19-8-9-21-44(42)49(45)32-37)57(36(34)3)60-53-27-15-12-24-48(53)50-33-38(29-31-54(50)60)59-51-25-13-10-22-46(51)47-23-11-14-26-52(47)59/h4-33H,1-3H3. The summed E-state index contributed by atoms with van der Waals surface area (Å²) in [5.74, 6) is 0. The number of hydrogen-bond donors (Lipinski definition) is 0. The van der Waals surface area contributed by atoms with Crippen LogP contribution in [0.5, 0.6) is 0 Å². The highest BCUT2D eigenvalue weighted by molar-refractivity contribution is 9.10. The van der Waals surface area contributed by atoms with Gasteiger partial charge in [0, 0.05) is 37.3 Å². The predicted molar refractivity (Wildman–Crippen MR) is 258 cm³/mol. The van der Waals surface area contributed by atoms with Gasteiger partial charge in [-0.25, -0.2) is 0 Å². The van der Waals surface area contributed by atoms with E-state index >= 15 is 0 Å². The van der Waals surface area contributed by atoms with E-state index in [0.717, 1.165) is 10.2 Å². The van der Waals surface area contributed by atoms with Gasteiger partial charge in [0.15, 0.2) is 0 Å². The Morgan fingerprint density at radius 3 is 1.28 bits per heavy atom. The average molecular weight is 832 g/mol. The average Bonchev–Trinajstić information content (AvgIpc) is 3.81. The molecule has 0 N–H and O–H groups in total. The van der Waals surface area contributed by atoms with Gasteiger partial charge in [-0.05, 0) is 146 Å². The van der Waals surface area contributed by atoms with Crippen molar-refractivity contribution >= 4 is 59.5 Å². The van der Waals surface area contributed by atoms with Crippen LogP contribution in [0.3, 0.4) is 0 Å². The molecule has 1 aliphatic rings. The van der Waals surface area contributed by atoms with Crippen molar-refractivity contribution in [2.75, 3.05) is 0 Å². The monoisotopic (exact) mass is 830 g/mol. The molecule has 12 rings (SSSR count). The highest BCUT2D eigenvalue weighted by Crippen LogP contribution is 2.51. The number of hydrogen-bond acceptors (Lipinski definition) is 0. The lowest BCUT2D eigenvalue weighted by molar-refractivity contribution is 1.11. The summed E-state index contributed by atoms with van der Waals surface area (Å²) < 4.78 is 6.07. The highest BCUT2D eigenvalue weighted by atomic mass is 79.9. The molecular weight excluding hydrogens is 793 g/mol. The first-order valence-corrected chi connectivity index (χ1v) is 21.5. The molecule has 60 heavy (non-hydrogen) atoms. The summed E-state index contributed by atoms with van der Waals surface area (Å²) in [6, 6.07) is 67.3. The first-order chi connectivity index (χ1) is 29.5. The predicted octanol–water partition coefficient (Wildman–Crippen LogP) is 16.2. The second kappa shape index (κ2) is 13.3. The van der Waals surface area contributed by atoms with Gasteiger partial charge in [0.25, 0.3) is 0 Å². The fraction of sp³-hybridized carbons (Fsp3) is 0.0526. The molecule has 0 aliphatic heterocycles. The van der Waals surface area contributed by atoms with Gasteiger partial charge >= 0.3 is 0 Å². The van der Waals surface area contributed by atoms with Crippen molar-refractivity contribution < 1.29 is 0 Å². The summed E-state index contributed by atoms with van der Waals surface area (Å²) in [5, 5.41) is 4.99. The van der Waals surface area contributed by atoms with Crippen LogP contribution in [0, 0.1) is 20.8 Å². The lowest BCUT2D eigenvalue weighted by Gasteiger charge is -2.25. The van der Waals surface area contributed by atoms with Crippen LogP contribution in [0.25, 0.3) is 111 Å². The smallest absolute Gasteiger partial charge is 0.0583 e. The second-order valence-corrected chi connectivity index (χ2v) is 17.0. The van der Waals surface area contributed by atoms with E-state index in [9.17, 15) is 0 Å². The Morgan fingerprint density at radius 1 is 0.333 bits per heavy atom. The molecule has 284 valence electrons. The summed E-state index contributed by atoms with van der Waals surface area (Å²) in [6.07, 6.45) is 0. The third kappa shape index (κ3) is 4.93. The Morgan fingerprint density at radius 2 is 0.750 bits per heavy atom. The molecule has 2 nitrogen and oxygen atoms in total. The topological polar surface area (TPSA) is 9.86 Å². The summed E-state index contributed by atoms with van der Waals surface area (Å²) >= 11 is 4.24. The Hall–Kier alpha value is -6.94. The van der Waals surface area contributed by atoms with Gasteiger partial charge in [0.2, 0.25) is 0 Å². The highest BCUT2D eigenvalue weighted by Gasteiger charge is 2.26. The van der Waals surface area contributed by atoms with E-state index in [0.29, 0.717) is 0 Å². The summed E-state index contributed by atoms with van der Waals surface area (Å²) in [7, 11) is 0. The molecular formula is C57H39BrN2. The molecule has 0 amide bonds. The molecule has 9 aromatic carbocycles. The van der Waals surface area contributed by atoms with Crippen molar-refractivity contribution in [3.05, 3.63) is 203 Å². The first kappa shape index (κ1) is 35.0. The molecule has 0 atom stereocenters. The minimum atomic E-state index is 1.12. The Bertz CT molecular complexity index is 3540. The van der Waals surface area contributed by atoms with Crippen LogP contribution >= 0.6 is 15.9 Å². The van der Waals surface area contributed by atoms with Gasteiger partial charge in [-0.3, -0.25) is 0 Å². The van der Waals surface area contributed by atoms with Crippen molar-refractivity contribution in [3.8, 4) is 67.0 Å². The molecule has 2 heterocycles. The van der Waals surface area contributed by atoms with Crippen molar-refractivity contribution in [2.45, 2.75) is 20.8 Å². The number of rotatable bonds is 3. The Labute approximate surface area is 357 Å². The van der Waals surface area contributed by atoms with Crippen molar-refractivity contribution in [1.29, 1.82) is 0 Å². The van der Waals surface area contributed by atoms with E-state index in [1.165, 1.54) is 122 Å². The van der Waals surface area contributed by atoms with E-state index in [-0.39, 0.29) is 0 Å². The van der Waals surface area contributed by atoms with Crippen LogP contribution in [0.15, 0.2) is 186 Å². The number of benzene rings is 9. The van der Waals surface area contributed by atoms with Crippen molar-refractivity contribution in [3.63, 3.8) is 0 Å². The lowest BCUT2D eigenvalue weighted by Crippen LogP contribution is -2.05. The third-order valence-electron chi connectivity index (χ3n) is 13.2. The maximum absolute atomic E-state index is 4.24. The molecule has 1 aliphatic carbocycles. The van der Waals surface area contributed by atoms with E-state index in [2.05, 4.69) is 228 Å². The summed E-state index contributed by atoms with van der Waals surface area (Å²) in [5.41, 5.74) is 23.3. The van der Waals surface area contributed by atoms with Crippen molar-refractivity contribution in [2.24, 2.45) is 0 Å². The van der Waals surface area contributed by atoms with Gasteiger partial charge in [0.05, 0.1) is 27.8 Å². The normalized spacial score (nSPS) is 12.0. The van der Waals surface area contributed by atoms with Gasteiger partial charge in [-0.15, -0.1) is 0 Å². The third-order valence-corrected chi connectivity index (χ3v) is 14.2. The van der Waals surface area contributed by atoms with Crippen LogP contribution in [0.2, 0.25) is 0 Å². The van der Waals surface area contributed by atoms with E-state index < -0.39 is 0 Å². The molecule has 0 fully saturated rings. The van der Waals surface area contributed by atoms with E-state index in [4.69, 9.17) is 0 Å². The zero-order valence-corrected chi connectivity index (χ0v) is 35.2. The summed E-state index contributed by atoms with van der Waals surface area (Å²) in [6.45, 7) is 6.82. The molecule has 2 aromatic heterocycles. The molecule has 0 saturated heterocycles. The van der Waals surface area contributed by atoms with Crippen LogP contribution in [0.4, 0.5) is 0 Å². The number of aromatic nitrogens is 2. The summed E-state index contributed by atoms with van der Waals surface area (Å²) in [4.78, 5) is 0. The molecule has 0 radical (unpaired) electrons. The largest absolute Gasteiger partial charge is 0.309 e. The van der Waals surface area contributed by atoms with Crippen molar-refractivity contribution in [1.82, 2.24) is 9.13 Å². The van der Waals surface area contributed by atoms with Gasteiger partial charge in [-0.1, -0.05) is 140 Å². The fourth-order valence-electron chi connectivity index (χ4n) is 10.2. The molecule has 0 bridgehead atoms. The number of halogens is 1. The SMILES string of the molecule is Cc1c(C)c(Br)c(-c2ccc3c(c2)-c2ccccc2-c2ccccc2-c2ccccc2-3)c(-n2c3ccccc3c3cc(-n4c5ccccc5c5ccccc54)ccc32)c1C. The van der Waals surface area contributed by atoms with E-state index in [1.807, 2.05) is 0 Å². The maximum Gasteiger partial charge on any atom is 0.0583 e. The molecule has 0 unspecified atom stereocenters.